The molecule has 0 radical (unpaired) electrons. The molecule has 0 heterocycles. The van der Waals surface area contributed by atoms with Crippen molar-refractivity contribution in [2.45, 2.75) is 77.6 Å². The Morgan fingerprint density at radius 3 is 1.79 bits per heavy atom. The predicted molar refractivity (Wildman–Crippen MR) is 80.1 cm³/mol. The molecule has 0 aromatic heterocycles. The van der Waals surface area contributed by atoms with Gasteiger partial charge in [-0.05, 0) is 25.7 Å². The van der Waals surface area contributed by atoms with Gasteiger partial charge in [-0.25, -0.2) is 10.2 Å². The SMILES string of the molecule is C/C(=N/NC(N)=O)C1CCCCCCCCCCC1. The molecule has 0 atom stereocenters. The van der Waals surface area contributed by atoms with Crippen LogP contribution in [-0.4, -0.2) is 11.7 Å². The second-order valence-electron chi connectivity index (χ2n) is 5.69. The number of amides is 2. The van der Waals surface area contributed by atoms with E-state index in [0.29, 0.717) is 5.92 Å². The Balaban J connectivity index is 2.45. The number of nitrogens with zero attached hydrogens (tertiary/aromatic N) is 1. The highest BCUT2D eigenvalue weighted by Crippen LogP contribution is 2.22. The maximum atomic E-state index is 10.7. The van der Waals surface area contributed by atoms with Gasteiger partial charge in [0, 0.05) is 5.71 Å². The number of nitrogens with one attached hydrogen (secondary N) is 1. The molecule has 2 amide bonds. The highest BCUT2D eigenvalue weighted by atomic mass is 16.2. The predicted octanol–water partition coefficient (Wildman–Crippen LogP) is 3.95. The first-order valence-electron chi connectivity index (χ1n) is 7.80. The summed E-state index contributed by atoms with van der Waals surface area (Å²) < 4.78 is 0. The fraction of sp³-hybridized carbons (Fsp3) is 0.867. The number of urea groups is 1. The zero-order valence-corrected chi connectivity index (χ0v) is 12.3. The van der Waals surface area contributed by atoms with Crippen molar-refractivity contribution in [3.63, 3.8) is 0 Å². The van der Waals surface area contributed by atoms with Gasteiger partial charge in [0.1, 0.15) is 0 Å². The van der Waals surface area contributed by atoms with Gasteiger partial charge in [0.05, 0.1) is 0 Å². The molecule has 0 spiro atoms. The minimum absolute atomic E-state index is 0.506. The number of nitrogens with two attached hydrogens (primary N) is 1. The molecule has 1 rings (SSSR count). The summed E-state index contributed by atoms with van der Waals surface area (Å²) in [7, 11) is 0. The zero-order valence-electron chi connectivity index (χ0n) is 12.3. The Labute approximate surface area is 117 Å². The first-order valence-corrected chi connectivity index (χ1v) is 7.80. The third-order valence-corrected chi connectivity index (χ3v) is 4.04. The van der Waals surface area contributed by atoms with Crippen LogP contribution in [0, 0.1) is 5.92 Å². The number of hydrazone groups is 1. The second kappa shape index (κ2) is 9.82. The topological polar surface area (TPSA) is 67.5 Å². The van der Waals surface area contributed by atoms with Crippen molar-refractivity contribution in [1.82, 2.24) is 5.43 Å². The van der Waals surface area contributed by atoms with Crippen LogP contribution in [0.25, 0.3) is 0 Å². The summed E-state index contributed by atoms with van der Waals surface area (Å²) >= 11 is 0. The molecular formula is C15H29N3O. The molecule has 1 aliphatic rings. The van der Waals surface area contributed by atoms with Crippen molar-refractivity contribution in [1.29, 1.82) is 0 Å². The van der Waals surface area contributed by atoms with Crippen LogP contribution >= 0.6 is 0 Å². The van der Waals surface area contributed by atoms with E-state index in [0.717, 1.165) is 5.71 Å². The number of hydrogen-bond donors (Lipinski definition) is 2. The highest BCUT2D eigenvalue weighted by Gasteiger charge is 2.13. The lowest BCUT2D eigenvalue weighted by Crippen LogP contribution is -2.27. The average Bonchev–Trinajstić information content (AvgIpc) is 2.36. The van der Waals surface area contributed by atoms with E-state index in [2.05, 4.69) is 10.5 Å². The normalized spacial score (nSPS) is 21.2. The molecule has 1 saturated carbocycles. The lowest BCUT2D eigenvalue weighted by atomic mass is 9.90. The van der Waals surface area contributed by atoms with E-state index >= 15 is 0 Å². The van der Waals surface area contributed by atoms with Gasteiger partial charge in [0.25, 0.3) is 0 Å². The molecule has 1 aliphatic carbocycles. The number of primary amides is 1. The molecule has 0 saturated heterocycles. The maximum absolute atomic E-state index is 10.7. The minimum Gasteiger partial charge on any atom is -0.350 e. The average molecular weight is 267 g/mol. The number of carbonyl (C=O) groups is 1. The van der Waals surface area contributed by atoms with Crippen molar-refractivity contribution < 1.29 is 4.79 Å². The third-order valence-electron chi connectivity index (χ3n) is 4.04. The quantitative estimate of drug-likeness (QED) is 0.577. The van der Waals surface area contributed by atoms with Crippen LogP contribution in [0.2, 0.25) is 0 Å². The van der Waals surface area contributed by atoms with Gasteiger partial charge in [-0.15, -0.1) is 0 Å². The summed E-state index contributed by atoms with van der Waals surface area (Å²) in [5, 5.41) is 4.11. The van der Waals surface area contributed by atoms with Crippen LogP contribution in [0.15, 0.2) is 5.10 Å². The first-order chi connectivity index (χ1) is 9.20. The molecule has 3 N–H and O–H groups in total. The van der Waals surface area contributed by atoms with Gasteiger partial charge in [0.15, 0.2) is 0 Å². The van der Waals surface area contributed by atoms with E-state index in [-0.39, 0.29) is 0 Å². The Hall–Kier alpha value is -1.06. The van der Waals surface area contributed by atoms with Crippen LogP contribution in [0.5, 0.6) is 0 Å². The molecule has 0 aromatic rings. The van der Waals surface area contributed by atoms with Crippen molar-refractivity contribution in [3.05, 3.63) is 0 Å². The summed E-state index contributed by atoms with van der Waals surface area (Å²) in [6, 6.07) is -0.576. The van der Waals surface area contributed by atoms with E-state index in [1.807, 2.05) is 6.92 Å². The maximum Gasteiger partial charge on any atom is 0.332 e. The lowest BCUT2D eigenvalue weighted by Gasteiger charge is -2.17. The van der Waals surface area contributed by atoms with Gasteiger partial charge in [-0.2, -0.15) is 5.10 Å². The molecular weight excluding hydrogens is 238 g/mol. The molecule has 1 fully saturated rings. The Kier molecular flexibility index (Phi) is 8.26. The monoisotopic (exact) mass is 267 g/mol. The molecule has 0 aromatic carbocycles. The van der Waals surface area contributed by atoms with Gasteiger partial charge in [-0.3, -0.25) is 0 Å². The Bertz CT molecular complexity index is 277. The number of carbonyl (C=O) groups excluding carboxylic acids is 1. The summed E-state index contributed by atoms with van der Waals surface area (Å²) in [6.45, 7) is 2.01. The highest BCUT2D eigenvalue weighted by molar-refractivity contribution is 5.85. The standard InChI is InChI=1S/C15H29N3O/c1-13(17-18-15(16)19)14-11-9-7-5-3-2-4-6-8-10-12-14/h14H,2-12H2,1H3,(H3,16,18,19)/b17-13-. The van der Waals surface area contributed by atoms with Crippen LogP contribution in [0.4, 0.5) is 4.79 Å². The minimum atomic E-state index is -0.576. The van der Waals surface area contributed by atoms with Gasteiger partial charge >= 0.3 is 6.03 Å². The van der Waals surface area contributed by atoms with Crippen molar-refractivity contribution in [2.75, 3.05) is 0 Å². The van der Waals surface area contributed by atoms with Crippen LogP contribution in [0.1, 0.15) is 77.6 Å². The lowest BCUT2D eigenvalue weighted by molar-refractivity contribution is 0.249. The zero-order chi connectivity index (χ0) is 13.9. The fourth-order valence-corrected chi connectivity index (χ4v) is 2.82. The smallest absolute Gasteiger partial charge is 0.332 e. The van der Waals surface area contributed by atoms with E-state index in [4.69, 9.17) is 5.73 Å². The van der Waals surface area contributed by atoms with Crippen LogP contribution in [0.3, 0.4) is 0 Å². The van der Waals surface area contributed by atoms with Crippen LogP contribution < -0.4 is 11.2 Å². The third kappa shape index (κ3) is 7.85. The van der Waals surface area contributed by atoms with Gasteiger partial charge in [0.2, 0.25) is 0 Å². The summed E-state index contributed by atoms with van der Waals surface area (Å²) in [6.07, 6.45) is 14.5. The van der Waals surface area contributed by atoms with Crippen molar-refractivity contribution in [2.24, 2.45) is 16.8 Å². The van der Waals surface area contributed by atoms with Crippen LogP contribution in [-0.2, 0) is 0 Å². The number of hydrogen-bond acceptors (Lipinski definition) is 2. The second-order valence-corrected chi connectivity index (χ2v) is 5.69. The molecule has 110 valence electrons. The fourth-order valence-electron chi connectivity index (χ4n) is 2.82. The summed E-state index contributed by atoms with van der Waals surface area (Å²) in [4.78, 5) is 10.7. The van der Waals surface area contributed by atoms with E-state index < -0.39 is 6.03 Å². The van der Waals surface area contributed by atoms with E-state index in [1.54, 1.807) is 0 Å². The van der Waals surface area contributed by atoms with Crippen molar-refractivity contribution >= 4 is 11.7 Å². The Morgan fingerprint density at radius 1 is 0.947 bits per heavy atom. The number of rotatable bonds is 2. The summed E-state index contributed by atoms with van der Waals surface area (Å²) in [5.74, 6) is 0.506. The molecule has 0 unspecified atom stereocenters. The molecule has 0 bridgehead atoms. The largest absolute Gasteiger partial charge is 0.350 e. The Morgan fingerprint density at radius 2 is 1.37 bits per heavy atom. The van der Waals surface area contributed by atoms with Crippen molar-refractivity contribution in [3.8, 4) is 0 Å². The van der Waals surface area contributed by atoms with E-state index in [1.165, 1.54) is 70.6 Å². The molecule has 4 nitrogen and oxygen atoms in total. The van der Waals surface area contributed by atoms with Gasteiger partial charge in [-0.1, -0.05) is 57.8 Å². The van der Waals surface area contributed by atoms with E-state index in [9.17, 15) is 4.79 Å². The molecule has 19 heavy (non-hydrogen) atoms. The summed E-state index contributed by atoms with van der Waals surface area (Å²) in [5.41, 5.74) is 8.43. The first kappa shape index (κ1) is 16.0. The van der Waals surface area contributed by atoms with Gasteiger partial charge < -0.3 is 5.73 Å². The molecule has 4 heteroatoms. The molecule has 0 aliphatic heterocycles.